The fourth-order valence-corrected chi connectivity index (χ4v) is 9.99. The van der Waals surface area contributed by atoms with Crippen LogP contribution in [0.5, 0.6) is 5.75 Å². The van der Waals surface area contributed by atoms with Crippen LogP contribution in [-0.4, -0.2) is 41.2 Å². The number of anilines is 1. The molecule has 2 atom stereocenters. The molecule has 5 fully saturated rings. The summed E-state index contributed by atoms with van der Waals surface area (Å²) in [5.74, 6) is 1.15. The third-order valence-electron chi connectivity index (χ3n) is 7.59. The Hall–Kier alpha value is -1.12. The summed E-state index contributed by atoms with van der Waals surface area (Å²) < 4.78 is 27.3. The molecule has 30 heavy (non-hydrogen) atoms. The molecule has 0 spiro atoms. The normalized spacial score (nSPS) is 35.6. The first kappa shape index (κ1) is 20.8. The van der Waals surface area contributed by atoms with Gasteiger partial charge < -0.3 is 10.4 Å². The number of aromatic hydroxyl groups is 1. The summed E-state index contributed by atoms with van der Waals surface area (Å²) in [5, 5.41) is 13.1. The SMILES string of the molecule is O=C(CC12CC3CC(CC(Br)(C3)C1)C2)Nc1cc(S(=O)(=O)N2CCCC2)ccc1O. The predicted octanol–water partition coefficient (Wildman–Crippen LogP) is 4.24. The Bertz CT molecular complexity index is 959. The minimum Gasteiger partial charge on any atom is -0.506 e. The third kappa shape index (κ3) is 3.69. The van der Waals surface area contributed by atoms with Gasteiger partial charge in [-0.15, -0.1) is 0 Å². The molecule has 0 radical (unpaired) electrons. The summed E-state index contributed by atoms with van der Waals surface area (Å²) in [6, 6.07) is 4.16. The quantitative estimate of drug-likeness (QED) is 0.471. The van der Waals surface area contributed by atoms with Gasteiger partial charge in [0.25, 0.3) is 0 Å². The first-order valence-electron chi connectivity index (χ1n) is 11.0. The van der Waals surface area contributed by atoms with Crippen LogP contribution in [0.2, 0.25) is 0 Å². The summed E-state index contributed by atoms with van der Waals surface area (Å²) in [7, 11) is -3.60. The second kappa shape index (κ2) is 7.20. The van der Waals surface area contributed by atoms with Gasteiger partial charge in [0.05, 0.1) is 10.6 Å². The van der Waals surface area contributed by atoms with Crippen LogP contribution in [-0.2, 0) is 14.8 Å². The molecule has 164 valence electrons. The molecule has 2 N–H and O–H groups in total. The lowest BCUT2D eigenvalue weighted by molar-refractivity contribution is -0.123. The number of phenolic OH excluding ortho intramolecular Hbond substituents is 1. The Balaban J connectivity index is 1.33. The molecule has 6 nitrogen and oxygen atoms in total. The largest absolute Gasteiger partial charge is 0.506 e. The predicted molar refractivity (Wildman–Crippen MR) is 118 cm³/mol. The summed E-state index contributed by atoms with van der Waals surface area (Å²) >= 11 is 3.98. The molecule has 1 aromatic rings. The van der Waals surface area contributed by atoms with Crippen LogP contribution in [0.15, 0.2) is 23.1 Å². The van der Waals surface area contributed by atoms with Crippen molar-refractivity contribution in [1.82, 2.24) is 4.31 Å². The number of halogens is 1. The highest BCUT2D eigenvalue weighted by molar-refractivity contribution is 9.10. The number of phenols is 1. The van der Waals surface area contributed by atoms with Gasteiger partial charge in [-0.3, -0.25) is 4.79 Å². The van der Waals surface area contributed by atoms with Gasteiger partial charge in [-0.25, -0.2) is 8.42 Å². The van der Waals surface area contributed by atoms with Crippen molar-refractivity contribution in [2.75, 3.05) is 18.4 Å². The average molecular weight is 497 g/mol. The Morgan fingerprint density at radius 2 is 1.83 bits per heavy atom. The lowest BCUT2D eigenvalue weighted by Crippen LogP contribution is -2.53. The van der Waals surface area contributed by atoms with Crippen molar-refractivity contribution in [1.29, 1.82) is 0 Å². The van der Waals surface area contributed by atoms with E-state index in [1.807, 2.05) is 0 Å². The molecule has 4 bridgehead atoms. The van der Waals surface area contributed by atoms with Crippen LogP contribution in [0.1, 0.15) is 57.8 Å². The van der Waals surface area contributed by atoms with E-state index in [9.17, 15) is 18.3 Å². The molecule has 2 unspecified atom stereocenters. The monoisotopic (exact) mass is 496 g/mol. The van der Waals surface area contributed by atoms with Crippen LogP contribution in [0, 0.1) is 17.3 Å². The summed E-state index contributed by atoms with van der Waals surface area (Å²) in [6.07, 6.45) is 9.08. The van der Waals surface area contributed by atoms with E-state index in [0.29, 0.717) is 31.3 Å². The Labute approximate surface area is 186 Å². The molecule has 6 rings (SSSR count). The maximum atomic E-state index is 13.0. The van der Waals surface area contributed by atoms with E-state index >= 15 is 0 Å². The van der Waals surface area contributed by atoms with Gasteiger partial charge in [-0.1, -0.05) is 15.9 Å². The van der Waals surface area contributed by atoms with Gasteiger partial charge >= 0.3 is 0 Å². The van der Waals surface area contributed by atoms with Crippen LogP contribution in [0.3, 0.4) is 0 Å². The number of alkyl halides is 1. The van der Waals surface area contributed by atoms with E-state index in [2.05, 4.69) is 21.2 Å². The zero-order chi connectivity index (χ0) is 21.1. The number of carbonyl (C=O) groups is 1. The highest BCUT2D eigenvalue weighted by Crippen LogP contribution is 2.65. The zero-order valence-corrected chi connectivity index (χ0v) is 19.5. The van der Waals surface area contributed by atoms with Gasteiger partial charge in [-0.05, 0) is 86.8 Å². The second-order valence-corrected chi connectivity index (χ2v) is 13.7. The van der Waals surface area contributed by atoms with Crippen LogP contribution in [0.4, 0.5) is 5.69 Å². The fourth-order valence-electron chi connectivity index (χ4n) is 6.93. The van der Waals surface area contributed by atoms with E-state index < -0.39 is 10.0 Å². The van der Waals surface area contributed by atoms with Gasteiger partial charge in [0, 0.05) is 23.8 Å². The van der Waals surface area contributed by atoms with Crippen LogP contribution >= 0.6 is 15.9 Å². The number of hydrogen-bond acceptors (Lipinski definition) is 4. The maximum absolute atomic E-state index is 13.0. The molecule has 1 saturated heterocycles. The number of rotatable bonds is 5. The van der Waals surface area contributed by atoms with Gasteiger partial charge in [-0.2, -0.15) is 4.31 Å². The van der Waals surface area contributed by atoms with E-state index in [0.717, 1.165) is 32.1 Å². The zero-order valence-electron chi connectivity index (χ0n) is 17.1. The van der Waals surface area contributed by atoms with Crippen molar-refractivity contribution >= 4 is 37.5 Å². The second-order valence-electron chi connectivity index (χ2n) is 10.1. The highest BCUT2D eigenvalue weighted by Gasteiger charge is 2.57. The average Bonchev–Trinajstić information content (AvgIpc) is 3.16. The van der Waals surface area contributed by atoms with E-state index in [4.69, 9.17) is 0 Å². The number of nitrogens with zero attached hydrogens (tertiary/aromatic N) is 1. The maximum Gasteiger partial charge on any atom is 0.243 e. The Morgan fingerprint density at radius 1 is 1.17 bits per heavy atom. The number of amides is 1. The van der Waals surface area contributed by atoms with Crippen molar-refractivity contribution in [2.24, 2.45) is 17.3 Å². The number of nitrogens with one attached hydrogen (secondary N) is 1. The Morgan fingerprint density at radius 3 is 2.47 bits per heavy atom. The molecule has 1 aliphatic heterocycles. The van der Waals surface area contributed by atoms with E-state index in [1.165, 1.54) is 41.8 Å². The van der Waals surface area contributed by atoms with Crippen molar-refractivity contribution in [2.45, 2.75) is 67.0 Å². The first-order chi connectivity index (χ1) is 14.2. The smallest absolute Gasteiger partial charge is 0.243 e. The Kier molecular flexibility index (Phi) is 4.99. The summed E-state index contributed by atoms with van der Waals surface area (Å²) in [6.45, 7) is 1.04. The van der Waals surface area contributed by atoms with E-state index in [1.54, 1.807) is 0 Å². The molecule has 0 aromatic heterocycles. The molecule has 1 amide bonds. The summed E-state index contributed by atoms with van der Waals surface area (Å²) in [4.78, 5) is 13.1. The van der Waals surface area contributed by atoms with Crippen LogP contribution < -0.4 is 5.32 Å². The fraction of sp³-hybridized carbons (Fsp3) is 0.682. The molecule has 1 heterocycles. The third-order valence-corrected chi connectivity index (χ3v) is 10.4. The van der Waals surface area contributed by atoms with Crippen molar-refractivity contribution in [3.8, 4) is 5.75 Å². The van der Waals surface area contributed by atoms with Crippen molar-refractivity contribution in [3.05, 3.63) is 18.2 Å². The van der Waals surface area contributed by atoms with Gasteiger partial charge in [0.15, 0.2) is 0 Å². The minimum absolute atomic E-state index is 0.0204. The first-order valence-corrected chi connectivity index (χ1v) is 13.2. The lowest BCUT2D eigenvalue weighted by Gasteiger charge is -2.60. The van der Waals surface area contributed by atoms with Gasteiger partial charge in [0.1, 0.15) is 5.75 Å². The molecule has 1 aromatic carbocycles. The number of hydrogen-bond donors (Lipinski definition) is 2. The standard InChI is InChI=1S/C22H29BrN2O4S/c23-22-11-15-7-16(12-22)10-21(9-15,14-22)13-20(27)24-18-8-17(3-4-19(18)26)30(28,29)25-5-1-2-6-25/h3-4,8,15-16,26H,1-2,5-7,9-14H2,(H,24,27). The van der Waals surface area contributed by atoms with Crippen LogP contribution in [0.25, 0.3) is 0 Å². The van der Waals surface area contributed by atoms with Gasteiger partial charge in [0.2, 0.25) is 15.9 Å². The minimum atomic E-state index is -3.60. The van der Waals surface area contributed by atoms with E-state index in [-0.39, 0.29) is 32.0 Å². The highest BCUT2D eigenvalue weighted by atomic mass is 79.9. The molecule has 4 aliphatic carbocycles. The molecule has 4 saturated carbocycles. The lowest BCUT2D eigenvalue weighted by atomic mass is 9.48. The summed E-state index contributed by atoms with van der Waals surface area (Å²) in [5.41, 5.74) is 0.200. The number of benzene rings is 1. The number of sulfonamides is 1. The number of carbonyl (C=O) groups excluding carboxylic acids is 1. The molecular weight excluding hydrogens is 468 g/mol. The van der Waals surface area contributed by atoms with Crippen molar-refractivity contribution in [3.63, 3.8) is 0 Å². The van der Waals surface area contributed by atoms with Crippen molar-refractivity contribution < 1.29 is 18.3 Å². The molecular formula is C22H29BrN2O4S. The topological polar surface area (TPSA) is 86.7 Å². The molecule has 5 aliphatic rings. The molecule has 8 heteroatoms.